The number of rotatable bonds is 3. The lowest BCUT2D eigenvalue weighted by molar-refractivity contribution is -0.153. The lowest BCUT2D eigenvalue weighted by Crippen LogP contribution is -2.57. The van der Waals surface area contributed by atoms with E-state index in [9.17, 15) is 19.5 Å². The summed E-state index contributed by atoms with van der Waals surface area (Å²) in [6.07, 6.45) is 13.2. The zero-order chi connectivity index (χ0) is 22.7. The predicted octanol–water partition coefficient (Wildman–Crippen LogP) is 1.90. The molecule has 174 valence electrons. The fourth-order valence-corrected chi connectivity index (χ4v) is 8.74. The van der Waals surface area contributed by atoms with Gasteiger partial charge in [-0.1, -0.05) is 37.5 Å². The minimum atomic E-state index is -0.860. The molecule has 0 bridgehead atoms. The maximum absolute atomic E-state index is 14.2. The van der Waals surface area contributed by atoms with Crippen molar-refractivity contribution < 1.29 is 24.2 Å². The van der Waals surface area contributed by atoms with Crippen LogP contribution in [0.5, 0.6) is 0 Å². The van der Waals surface area contributed by atoms with Crippen LogP contribution in [0.15, 0.2) is 24.3 Å². The molecule has 2 saturated heterocycles. The number of aliphatic hydroxyl groups excluding tert-OH is 1. The molecule has 0 radical (unpaired) electrons. The summed E-state index contributed by atoms with van der Waals surface area (Å²) >= 11 is 1.55. The Balaban J connectivity index is 1.63. The summed E-state index contributed by atoms with van der Waals surface area (Å²) in [7, 11) is 0. The molecular weight excluding hydrogens is 428 g/mol. The number of carbonyl (C=O) groups excluding carboxylic acids is 3. The third-order valence-electron chi connectivity index (χ3n) is 8.04. The summed E-state index contributed by atoms with van der Waals surface area (Å²) in [5.74, 6) is -2.03. The average Bonchev–Trinajstić information content (AvgIpc) is 3.05. The van der Waals surface area contributed by atoms with Gasteiger partial charge in [-0.3, -0.25) is 14.4 Å². The van der Waals surface area contributed by atoms with E-state index < -0.39 is 33.4 Å². The van der Waals surface area contributed by atoms with Crippen LogP contribution in [0.1, 0.15) is 46.0 Å². The van der Waals surface area contributed by atoms with E-state index in [0.29, 0.717) is 6.54 Å². The molecule has 5 rings (SSSR count). The van der Waals surface area contributed by atoms with E-state index in [4.69, 9.17) is 4.74 Å². The number of hydrogen-bond donors (Lipinski definition) is 1. The Morgan fingerprint density at radius 3 is 2.59 bits per heavy atom. The lowest BCUT2D eigenvalue weighted by atomic mass is 9.75. The summed E-state index contributed by atoms with van der Waals surface area (Å²) in [5.41, 5.74) is 0. The third kappa shape index (κ3) is 3.01. The van der Waals surface area contributed by atoms with Crippen molar-refractivity contribution in [3.8, 4) is 0 Å². The molecule has 1 unspecified atom stereocenters. The smallest absolute Gasteiger partial charge is 0.311 e. The van der Waals surface area contributed by atoms with Gasteiger partial charge in [-0.25, -0.2) is 0 Å². The molecule has 1 spiro atoms. The Kier molecular flexibility index (Phi) is 5.44. The van der Waals surface area contributed by atoms with Crippen molar-refractivity contribution >= 4 is 29.5 Å². The van der Waals surface area contributed by atoms with E-state index in [-0.39, 0.29) is 37.0 Å². The van der Waals surface area contributed by atoms with Gasteiger partial charge in [0.25, 0.3) is 0 Å². The van der Waals surface area contributed by atoms with Crippen molar-refractivity contribution in [2.24, 2.45) is 11.8 Å². The van der Waals surface area contributed by atoms with Crippen LogP contribution in [0.4, 0.5) is 0 Å². The zero-order valence-corrected chi connectivity index (χ0v) is 19.6. The highest BCUT2D eigenvalue weighted by Gasteiger charge is 2.74. The van der Waals surface area contributed by atoms with Gasteiger partial charge in [-0.05, 0) is 32.8 Å². The van der Waals surface area contributed by atoms with E-state index >= 15 is 0 Å². The fraction of sp³-hybridized carbons (Fsp3) is 0.708. The summed E-state index contributed by atoms with van der Waals surface area (Å²) in [5, 5.41) is 9.97. The Bertz CT molecular complexity index is 884. The summed E-state index contributed by atoms with van der Waals surface area (Å²) < 4.78 is 3.94. The van der Waals surface area contributed by atoms with Gasteiger partial charge in [-0.15, -0.1) is 11.8 Å². The number of fused-ring (bicyclic) bond motifs is 2. The van der Waals surface area contributed by atoms with Crippen molar-refractivity contribution in [1.29, 1.82) is 0 Å². The van der Waals surface area contributed by atoms with Crippen LogP contribution in [0, 0.1) is 11.8 Å². The minimum Gasteiger partial charge on any atom is -0.461 e. The first-order chi connectivity index (χ1) is 15.3. The monoisotopic (exact) mass is 460 g/mol. The van der Waals surface area contributed by atoms with Gasteiger partial charge < -0.3 is 19.6 Å². The summed E-state index contributed by atoms with van der Waals surface area (Å²) in [6.45, 7) is 4.23. The molecule has 0 aromatic rings. The second-order valence-electron chi connectivity index (χ2n) is 9.99. The fourth-order valence-electron chi connectivity index (χ4n) is 6.60. The first-order valence-corrected chi connectivity index (χ1v) is 12.6. The van der Waals surface area contributed by atoms with E-state index in [2.05, 4.69) is 0 Å². The maximum Gasteiger partial charge on any atom is 0.311 e. The van der Waals surface area contributed by atoms with E-state index in [1.165, 1.54) is 6.42 Å². The SMILES string of the molecule is C[C@H](CO)N1C(=O)[C@@H]2[C@H]3C(=O)OCC=C[C@@]3(C)S[C@@]23C=CCN(C2CCCCC2)C(=O)C13. The average molecular weight is 461 g/mol. The van der Waals surface area contributed by atoms with Gasteiger partial charge in [0.2, 0.25) is 11.8 Å². The molecule has 4 aliphatic heterocycles. The maximum atomic E-state index is 14.2. The molecule has 6 atom stereocenters. The molecule has 1 N–H and O–H groups in total. The predicted molar refractivity (Wildman–Crippen MR) is 121 cm³/mol. The number of thioether (sulfide) groups is 1. The highest BCUT2D eigenvalue weighted by Crippen LogP contribution is 2.65. The topological polar surface area (TPSA) is 87.2 Å². The van der Waals surface area contributed by atoms with Crippen LogP contribution in [0.25, 0.3) is 0 Å². The van der Waals surface area contributed by atoms with Crippen molar-refractivity contribution in [2.75, 3.05) is 19.8 Å². The molecule has 8 heteroatoms. The highest BCUT2D eigenvalue weighted by molar-refractivity contribution is 8.02. The van der Waals surface area contributed by atoms with Crippen LogP contribution in [0.2, 0.25) is 0 Å². The van der Waals surface area contributed by atoms with Crippen LogP contribution in [0.3, 0.4) is 0 Å². The number of amides is 2. The largest absolute Gasteiger partial charge is 0.461 e. The second kappa shape index (κ2) is 7.90. The number of ether oxygens (including phenoxy) is 1. The zero-order valence-electron chi connectivity index (χ0n) is 18.7. The molecule has 32 heavy (non-hydrogen) atoms. The third-order valence-corrected chi connectivity index (χ3v) is 9.83. The van der Waals surface area contributed by atoms with Gasteiger partial charge in [-0.2, -0.15) is 0 Å². The number of aliphatic hydroxyl groups is 1. The Labute approximate surface area is 193 Å². The molecule has 0 aromatic carbocycles. The van der Waals surface area contributed by atoms with Crippen molar-refractivity contribution in [3.63, 3.8) is 0 Å². The van der Waals surface area contributed by atoms with E-state index in [1.54, 1.807) is 23.6 Å². The molecule has 3 fully saturated rings. The molecule has 7 nitrogen and oxygen atoms in total. The summed E-state index contributed by atoms with van der Waals surface area (Å²) in [6, 6.07) is -1.07. The Morgan fingerprint density at radius 2 is 1.88 bits per heavy atom. The molecule has 1 saturated carbocycles. The van der Waals surface area contributed by atoms with Gasteiger partial charge in [0.1, 0.15) is 12.6 Å². The van der Waals surface area contributed by atoms with Gasteiger partial charge in [0, 0.05) is 17.3 Å². The van der Waals surface area contributed by atoms with Crippen LogP contribution in [-0.2, 0) is 19.1 Å². The van der Waals surface area contributed by atoms with E-state index in [1.807, 2.05) is 36.1 Å². The van der Waals surface area contributed by atoms with Crippen LogP contribution in [-0.4, -0.2) is 80.1 Å². The van der Waals surface area contributed by atoms with E-state index in [0.717, 1.165) is 25.7 Å². The number of esters is 1. The number of cyclic esters (lactones) is 1. The Hall–Kier alpha value is -1.80. The van der Waals surface area contributed by atoms with Gasteiger partial charge >= 0.3 is 5.97 Å². The van der Waals surface area contributed by atoms with Crippen molar-refractivity contribution in [3.05, 3.63) is 24.3 Å². The lowest BCUT2D eigenvalue weighted by Gasteiger charge is -2.41. The molecule has 2 amide bonds. The minimum absolute atomic E-state index is 0.0528. The standard InChI is InChI=1S/C24H32N2O5S/c1-15(14-27)26-19-21(29)25(16-8-4-3-5-9-16)12-6-11-24(19)17(20(26)28)18-22(30)31-13-7-10-23(18,2)32-24/h6-7,10-11,15-19,27H,3-5,8-9,12-14H2,1-2H3/t15-,17+,18+,19?,23-,24+/m1/s1. The Morgan fingerprint density at radius 1 is 1.12 bits per heavy atom. The molecule has 1 aliphatic carbocycles. The molecular formula is C24H32N2O5S. The number of likely N-dealkylation sites (tertiary alicyclic amines) is 1. The van der Waals surface area contributed by atoms with Crippen LogP contribution < -0.4 is 0 Å². The highest BCUT2D eigenvalue weighted by atomic mass is 32.2. The van der Waals surface area contributed by atoms with Crippen molar-refractivity contribution in [1.82, 2.24) is 9.80 Å². The first kappa shape index (κ1) is 22.0. The summed E-state index contributed by atoms with van der Waals surface area (Å²) in [4.78, 5) is 44.7. The van der Waals surface area contributed by atoms with Gasteiger partial charge in [0.15, 0.2) is 0 Å². The quantitative estimate of drug-likeness (QED) is 0.511. The number of carbonyl (C=O) groups is 3. The molecule has 5 aliphatic rings. The molecule has 4 heterocycles. The number of hydrogen-bond acceptors (Lipinski definition) is 6. The second-order valence-corrected chi connectivity index (χ2v) is 11.8. The van der Waals surface area contributed by atoms with Crippen LogP contribution >= 0.6 is 11.8 Å². The first-order valence-electron chi connectivity index (χ1n) is 11.8. The number of nitrogens with zero attached hydrogens (tertiary/aromatic N) is 2. The normalized spacial score (nSPS) is 40.5. The van der Waals surface area contributed by atoms with Gasteiger partial charge in [0.05, 0.1) is 29.2 Å². The molecule has 0 aromatic heterocycles. The van der Waals surface area contributed by atoms with Crippen molar-refractivity contribution in [2.45, 2.75) is 73.6 Å².